The molecule has 0 bridgehead atoms. The van der Waals surface area contributed by atoms with Gasteiger partial charge in [0.25, 0.3) is 0 Å². The Balaban J connectivity index is 1.63. The largest absolute Gasteiger partial charge is 0.760 e. The Morgan fingerprint density at radius 3 is 2.43 bits per heavy atom. The number of nitrogens with zero attached hydrogens (tertiary/aromatic N) is 3. The summed E-state index contributed by atoms with van der Waals surface area (Å²) in [6.07, 6.45) is 1.51. The van der Waals surface area contributed by atoms with Crippen molar-refractivity contribution in [3.8, 4) is 6.07 Å². The first kappa shape index (κ1) is 32.1. The van der Waals surface area contributed by atoms with E-state index in [0.29, 0.717) is 21.2 Å². The van der Waals surface area contributed by atoms with Crippen molar-refractivity contribution in [1.29, 1.82) is 5.26 Å². The molecule has 2 fully saturated rings. The number of carboxylic acids is 1. The third-order valence-electron chi connectivity index (χ3n) is 8.67. The van der Waals surface area contributed by atoms with Crippen LogP contribution >= 0.6 is 23.2 Å². The Hall–Kier alpha value is -3.26. The molecular weight excluding hydrogens is 621 g/mol. The van der Waals surface area contributed by atoms with Crippen LogP contribution in [0.5, 0.6) is 0 Å². The Labute approximate surface area is 269 Å². The number of halogens is 2. The summed E-state index contributed by atoms with van der Waals surface area (Å²) in [6.45, 7) is 1.72. The first-order valence-electron chi connectivity index (χ1n) is 14.4. The number of benzene rings is 3. The SMILES string of the molecule is CC1(CC(=O)O)CC(c2cccc(Cl)c2)C(c2ccc(Cl)cc2)N(C(CN(Cc2cccc(C#N)c2)S(=O)[O-])C2CC2)C1=O. The van der Waals surface area contributed by atoms with Gasteiger partial charge in [0.2, 0.25) is 5.91 Å². The molecule has 1 amide bonds. The number of piperidine rings is 1. The van der Waals surface area contributed by atoms with Gasteiger partial charge in [0.05, 0.1) is 29.5 Å². The van der Waals surface area contributed by atoms with Gasteiger partial charge in [0.1, 0.15) is 0 Å². The van der Waals surface area contributed by atoms with Crippen molar-refractivity contribution < 1.29 is 23.5 Å². The molecule has 1 aliphatic heterocycles. The summed E-state index contributed by atoms with van der Waals surface area (Å²) >= 11 is 10.1. The Morgan fingerprint density at radius 1 is 1.11 bits per heavy atom. The Bertz CT molecular complexity index is 1610. The van der Waals surface area contributed by atoms with Crippen LogP contribution in [0.15, 0.2) is 72.8 Å². The molecule has 1 aliphatic carbocycles. The van der Waals surface area contributed by atoms with Crippen molar-refractivity contribution in [3.05, 3.63) is 105 Å². The van der Waals surface area contributed by atoms with Gasteiger partial charge in [-0.05, 0) is 78.3 Å². The van der Waals surface area contributed by atoms with Crippen LogP contribution in [0.3, 0.4) is 0 Å². The van der Waals surface area contributed by atoms with Crippen LogP contribution in [0.2, 0.25) is 10.0 Å². The number of carbonyl (C=O) groups excluding carboxylic acids is 1. The van der Waals surface area contributed by atoms with Crippen molar-refractivity contribution in [2.45, 2.75) is 57.2 Å². The Morgan fingerprint density at radius 2 is 1.82 bits per heavy atom. The predicted molar refractivity (Wildman–Crippen MR) is 167 cm³/mol. The lowest BCUT2D eigenvalue weighted by Crippen LogP contribution is -2.59. The van der Waals surface area contributed by atoms with E-state index in [4.69, 9.17) is 23.2 Å². The topological polar surface area (TPSA) is 125 Å². The van der Waals surface area contributed by atoms with Gasteiger partial charge in [-0.15, -0.1) is 0 Å². The molecule has 230 valence electrons. The van der Waals surface area contributed by atoms with Crippen LogP contribution in [-0.2, 0) is 27.4 Å². The van der Waals surface area contributed by atoms with Gasteiger partial charge in [0, 0.05) is 46.4 Å². The van der Waals surface area contributed by atoms with Gasteiger partial charge in [-0.3, -0.25) is 13.8 Å². The lowest BCUT2D eigenvalue weighted by atomic mass is 9.67. The minimum absolute atomic E-state index is 0.0127. The average molecular weight is 654 g/mol. The molecule has 2 aliphatic rings. The van der Waals surface area contributed by atoms with E-state index in [2.05, 4.69) is 6.07 Å². The monoisotopic (exact) mass is 652 g/mol. The van der Waals surface area contributed by atoms with Crippen LogP contribution in [0, 0.1) is 22.7 Å². The molecular formula is C33H32Cl2N3O5S-. The van der Waals surface area contributed by atoms with Crippen molar-refractivity contribution >= 4 is 46.3 Å². The molecule has 0 radical (unpaired) electrons. The molecule has 0 aromatic heterocycles. The number of hydrogen-bond acceptors (Lipinski definition) is 5. The summed E-state index contributed by atoms with van der Waals surface area (Å²) in [5.74, 6) is -1.72. The van der Waals surface area contributed by atoms with Crippen LogP contribution < -0.4 is 0 Å². The number of amides is 1. The smallest absolute Gasteiger partial charge is 0.304 e. The molecule has 5 unspecified atom stereocenters. The second-order valence-electron chi connectivity index (χ2n) is 12.0. The van der Waals surface area contributed by atoms with Gasteiger partial charge in [-0.25, -0.2) is 4.31 Å². The van der Waals surface area contributed by atoms with Gasteiger partial charge >= 0.3 is 5.97 Å². The minimum atomic E-state index is -2.64. The number of carbonyl (C=O) groups is 2. The fourth-order valence-electron chi connectivity index (χ4n) is 6.52. The highest BCUT2D eigenvalue weighted by Gasteiger charge is 2.54. The first-order chi connectivity index (χ1) is 21.0. The standard InChI is InChI=1S/C33H33Cl2N3O5S/c1-33(17-30(39)40)16-28(25-6-3-7-27(35)15-25)31(24-10-12-26(34)13-11-24)38(32(33)41)29(23-8-9-23)20-37(44(42)43)19-22-5-2-4-21(14-22)18-36/h2-7,10-15,23,28-29,31H,8-9,16-17,19-20H2,1H3,(H,39,40)(H,42,43)/p-1. The highest BCUT2D eigenvalue weighted by molar-refractivity contribution is 7.76. The second kappa shape index (κ2) is 13.4. The molecule has 3 aromatic carbocycles. The van der Waals surface area contributed by atoms with E-state index in [9.17, 15) is 28.7 Å². The summed E-state index contributed by atoms with van der Waals surface area (Å²) in [5, 5.41) is 20.3. The second-order valence-corrected chi connectivity index (χ2v) is 13.8. The summed E-state index contributed by atoms with van der Waals surface area (Å²) in [5.41, 5.74) is 1.48. The minimum Gasteiger partial charge on any atom is -0.760 e. The van der Waals surface area contributed by atoms with Crippen molar-refractivity contribution in [3.63, 3.8) is 0 Å². The molecule has 5 rings (SSSR count). The molecule has 8 nitrogen and oxygen atoms in total. The van der Waals surface area contributed by atoms with Crippen LogP contribution in [0.25, 0.3) is 0 Å². The van der Waals surface area contributed by atoms with Crippen molar-refractivity contribution in [2.75, 3.05) is 6.54 Å². The normalized spacial score (nSPS) is 23.3. The van der Waals surface area contributed by atoms with Gasteiger partial charge < -0.3 is 14.6 Å². The highest BCUT2D eigenvalue weighted by atomic mass is 35.5. The van der Waals surface area contributed by atoms with E-state index >= 15 is 0 Å². The van der Waals surface area contributed by atoms with E-state index in [0.717, 1.165) is 24.0 Å². The molecule has 0 spiro atoms. The van der Waals surface area contributed by atoms with Crippen molar-refractivity contribution in [2.24, 2.45) is 11.3 Å². The predicted octanol–water partition coefficient (Wildman–Crippen LogP) is 6.48. The molecule has 1 saturated heterocycles. The molecule has 1 N–H and O–H groups in total. The number of carboxylic acid groups (broad SMARTS) is 1. The number of rotatable bonds is 11. The number of hydrogen-bond donors (Lipinski definition) is 1. The average Bonchev–Trinajstić information content (AvgIpc) is 3.82. The molecule has 5 atom stereocenters. The fraction of sp³-hybridized carbons (Fsp3) is 0.364. The highest BCUT2D eigenvalue weighted by Crippen LogP contribution is 2.54. The number of nitriles is 1. The molecule has 3 aromatic rings. The maximum atomic E-state index is 14.6. The number of likely N-dealkylation sites (tertiary alicyclic amines) is 1. The zero-order valence-electron chi connectivity index (χ0n) is 24.1. The summed E-state index contributed by atoms with van der Waals surface area (Å²) in [4.78, 5) is 28.5. The summed E-state index contributed by atoms with van der Waals surface area (Å²) in [6, 6.07) is 22.4. The Kier molecular flexibility index (Phi) is 9.78. The first-order valence-corrected chi connectivity index (χ1v) is 16.2. The lowest BCUT2D eigenvalue weighted by molar-refractivity contribution is -0.161. The van der Waals surface area contributed by atoms with Crippen molar-refractivity contribution in [1.82, 2.24) is 9.21 Å². The number of aliphatic carboxylic acids is 1. The van der Waals surface area contributed by atoms with Crippen LogP contribution in [-0.4, -0.2) is 47.5 Å². The maximum Gasteiger partial charge on any atom is 0.304 e. The quantitative estimate of drug-likeness (QED) is 0.236. The van der Waals surface area contributed by atoms with E-state index < -0.39 is 34.7 Å². The fourth-order valence-corrected chi connectivity index (χ4v) is 7.37. The van der Waals surface area contributed by atoms with Gasteiger partial charge in [-0.1, -0.05) is 66.5 Å². The van der Waals surface area contributed by atoms with E-state index in [1.54, 1.807) is 54.3 Å². The van der Waals surface area contributed by atoms with E-state index in [-0.39, 0.29) is 43.7 Å². The van der Waals surface area contributed by atoms with Crippen LogP contribution in [0.4, 0.5) is 0 Å². The lowest BCUT2D eigenvalue weighted by Gasteiger charge is -2.52. The van der Waals surface area contributed by atoms with Crippen LogP contribution in [0.1, 0.15) is 66.8 Å². The van der Waals surface area contributed by atoms with Gasteiger partial charge in [-0.2, -0.15) is 5.26 Å². The molecule has 44 heavy (non-hydrogen) atoms. The third-order valence-corrected chi connectivity index (χ3v) is 9.86. The zero-order valence-corrected chi connectivity index (χ0v) is 26.4. The van der Waals surface area contributed by atoms with Gasteiger partial charge in [0.15, 0.2) is 0 Å². The molecule has 1 saturated carbocycles. The van der Waals surface area contributed by atoms with E-state index in [1.165, 1.54) is 4.31 Å². The summed E-state index contributed by atoms with van der Waals surface area (Å²) in [7, 11) is 0. The molecule has 1 heterocycles. The molecule has 11 heteroatoms. The zero-order chi connectivity index (χ0) is 31.6. The maximum absolute atomic E-state index is 14.6. The third kappa shape index (κ3) is 7.17. The summed E-state index contributed by atoms with van der Waals surface area (Å²) < 4.78 is 26.6. The van der Waals surface area contributed by atoms with E-state index in [1.807, 2.05) is 30.3 Å².